The summed E-state index contributed by atoms with van der Waals surface area (Å²) in [5.41, 5.74) is 7.77. The monoisotopic (exact) mass is 240 g/mol. The number of pyridine rings is 2. The number of rotatable bonds is 2. The second-order valence-corrected chi connectivity index (χ2v) is 4.06. The normalized spacial score (nSPS) is 12.7. The van der Waals surface area contributed by atoms with E-state index in [0.717, 1.165) is 16.6 Å². The van der Waals surface area contributed by atoms with Crippen molar-refractivity contribution >= 4 is 16.9 Å². The number of nitrogens with two attached hydrogens (primary N) is 1. The fourth-order valence-corrected chi connectivity index (χ4v) is 1.96. The number of aliphatic hydroxyl groups excluding tert-OH is 1. The molecule has 0 spiro atoms. The summed E-state index contributed by atoms with van der Waals surface area (Å²) in [5, 5.41) is 11.2. The fraction of sp³-hybridized carbons (Fsp3) is 0.0769. The molecule has 0 radical (unpaired) electrons. The van der Waals surface area contributed by atoms with Gasteiger partial charge in [-0.25, -0.2) is 9.97 Å². The lowest BCUT2D eigenvalue weighted by atomic mass is 10.0. The summed E-state index contributed by atoms with van der Waals surface area (Å²) < 4.78 is 0. The molecule has 0 aliphatic heterocycles. The molecule has 0 saturated carbocycles. The number of aromatic nitrogens is 3. The van der Waals surface area contributed by atoms with Gasteiger partial charge in [0, 0.05) is 35.1 Å². The van der Waals surface area contributed by atoms with Gasteiger partial charge < -0.3 is 15.8 Å². The molecular weight excluding hydrogens is 228 g/mol. The van der Waals surface area contributed by atoms with Crippen LogP contribution in [0.5, 0.6) is 0 Å². The van der Waals surface area contributed by atoms with Crippen molar-refractivity contribution in [2.75, 3.05) is 5.73 Å². The van der Waals surface area contributed by atoms with E-state index in [2.05, 4.69) is 15.0 Å². The first-order valence-corrected chi connectivity index (χ1v) is 5.57. The van der Waals surface area contributed by atoms with E-state index in [-0.39, 0.29) is 0 Å². The van der Waals surface area contributed by atoms with Gasteiger partial charge in [0.2, 0.25) is 0 Å². The van der Waals surface area contributed by atoms with E-state index < -0.39 is 6.10 Å². The third kappa shape index (κ3) is 1.70. The standard InChI is InChI=1S/C13H12N4O/c14-11-4-3-8(6-16-11)12(18)10-7-17-13-9(10)2-1-5-15-13/h1-7,12,18H,(H2,14,16)(H,15,17). The number of nitrogen functional groups attached to an aromatic ring is 1. The van der Waals surface area contributed by atoms with Gasteiger partial charge in [0.15, 0.2) is 0 Å². The van der Waals surface area contributed by atoms with Crippen molar-refractivity contribution in [1.29, 1.82) is 0 Å². The Morgan fingerprint density at radius 2 is 2.11 bits per heavy atom. The van der Waals surface area contributed by atoms with Crippen LogP contribution >= 0.6 is 0 Å². The van der Waals surface area contributed by atoms with Gasteiger partial charge in [0.05, 0.1) is 0 Å². The van der Waals surface area contributed by atoms with E-state index in [4.69, 9.17) is 5.73 Å². The van der Waals surface area contributed by atoms with E-state index in [1.807, 2.05) is 12.1 Å². The molecule has 0 fully saturated rings. The molecule has 90 valence electrons. The molecule has 18 heavy (non-hydrogen) atoms. The Balaban J connectivity index is 2.06. The van der Waals surface area contributed by atoms with Gasteiger partial charge in [-0.2, -0.15) is 0 Å². The van der Waals surface area contributed by atoms with Crippen molar-refractivity contribution in [2.45, 2.75) is 6.10 Å². The minimum atomic E-state index is -0.740. The van der Waals surface area contributed by atoms with Crippen LogP contribution in [0.1, 0.15) is 17.2 Å². The summed E-state index contributed by atoms with van der Waals surface area (Å²) in [5.74, 6) is 0.437. The van der Waals surface area contributed by atoms with Gasteiger partial charge in [0.25, 0.3) is 0 Å². The Kier molecular flexibility index (Phi) is 2.46. The van der Waals surface area contributed by atoms with Crippen molar-refractivity contribution < 1.29 is 5.11 Å². The quantitative estimate of drug-likeness (QED) is 0.635. The number of nitrogens with one attached hydrogen (secondary N) is 1. The van der Waals surface area contributed by atoms with E-state index in [0.29, 0.717) is 11.4 Å². The van der Waals surface area contributed by atoms with Crippen molar-refractivity contribution in [3.05, 3.63) is 54.0 Å². The predicted octanol–water partition coefficient (Wildman–Crippen LogP) is 1.62. The summed E-state index contributed by atoms with van der Waals surface area (Å²) >= 11 is 0. The van der Waals surface area contributed by atoms with Crippen molar-refractivity contribution in [3.8, 4) is 0 Å². The fourth-order valence-electron chi connectivity index (χ4n) is 1.96. The first kappa shape index (κ1) is 10.7. The first-order chi connectivity index (χ1) is 8.75. The van der Waals surface area contributed by atoms with Crippen LogP contribution in [-0.2, 0) is 0 Å². The molecule has 5 nitrogen and oxygen atoms in total. The van der Waals surface area contributed by atoms with E-state index >= 15 is 0 Å². The van der Waals surface area contributed by atoms with Crippen LogP contribution in [0.4, 0.5) is 5.82 Å². The van der Waals surface area contributed by atoms with Crippen LogP contribution in [0, 0.1) is 0 Å². The highest BCUT2D eigenvalue weighted by Crippen LogP contribution is 2.27. The van der Waals surface area contributed by atoms with Gasteiger partial charge in [0.1, 0.15) is 17.6 Å². The second kappa shape index (κ2) is 4.12. The van der Waals surface area contributed by atoms with Gasteiger partial charge in [-0.3, -0.25) is 0 Å². The highest BCUT2D eigenvalue weighted by atomic mass is 16.3. The minimum Gasteiger partial charge on any atom is -0.384 e. The summed E-state index contributed by atoms with van der Waals surface area (Å²) in [6.07, 6.45) is 4.31. The molecule has 0 aliphatic carbocycles. The Labute approximate surface area is 103 Å². The molecule has 0 amide bonds. The van der Waals surface area contributed by atoms with Crippen LogP contribution in [0.25, 0.3) is 11.0 Å². The molecule has 4 N–H and O–H groups in total. The van der Waals surface area contributed by atoms with Gasteiger partial charge >= 0.3 is 0 Å². The highest BCUT2D eigenvalue weighted by molar-refractivity contribution is 5.80. The highest BCUT2D eigenvalue weighted by Gasteiger charge is 2.15. The van der Waals surface area contributed by atoms with Crippen LogP contribution in [0.3, 0.4) is 0 Å². The topological polar surface area (TPSA) is 87.8 Å². The third-order valence-corrected chi connectivity index (χ3v) is 2.90. The molecule has 3 heterocycles. The van der Waals surface area contributed by atoms with Crippen molar-refractivity contribution in [1.82, 2.24) is 15.0 Å². The molecule has 3 aromatic heterocycles. The smallest absolute Gasteiger partial charge is 0.137 e. The maximum Gasteiger partial charge on any atom is 0.137 e. The van der Waals surface area contributed by atoms with Crippen LogP contribution < -0.4 is 5.73 Å². The molecule has 0 aromatic carbocycles. The lowest BCUT2D eigenvalue weighted by molar-refractivity contribution is 0.221. The maximum atomic E-state index is 10.3. The molecule has 1 atom stereocenters. The number of fused-ring (bicyclic) bond motifs is 1. The maximum absolute atomic E-state index is 10.3. The molecule has 3 aromatic rings. The number of aromatic amines is 1. The molecule has 1 unspecified atom stereocenters. The van der Waals surface area contributed by atoms with Gasteiger partial charge in [-0.05, 0) is 18.2 Å². The zero-order chi connectivity index (χ0) is 12.5. The number of anilines is 1. The zero-order valence-electron chi connectivity index (χ0n) is 9.54. The van der Waals surface area contributed by atoms with E-state index in [9.17, 15) is 5.11 Å². The third-order valence-electron chi connectivity index (χ3n) is 2.90. The number of hydrogen-bond acceptors (Lipinski definition) is 4. The van der Waals surface area contributed by atoms with E-state index in [1.54, 1.807) is 30.7 Å². The number of nitrogens with zero attached hydrogens (tertiary/aromatic N) is 2. The van der Waals surface area contributed by atoms with Crippen LogP contribution in [0.15, 0.2) is 42.9 Å². The average Bonchev–Trinajstić information content (AvgIpc) is 2.82. The molecule has 0 bridgehead atoms. The van der Waals surface area contributed by atoms with Crippen LogP contribution in [-0.4, -0.2) is 20.1 Å². The second-order valence-electron chi connectivity index (χ2n) is 4.06. The van der Waals surface area contributed by atoms with Crippen molar-refractivity contribution in [2.24, 2.45) is 0 Å². The van der Waals surface area contributed by atoms with Crippen LogP contribution in [0.2, 0.25) is 0 Å². The molecule has 0 saturated heterocycles. The molecule has 3 rings (SSSR count). The molecular formula is C13H12N4O. The zero-order valence-corrected chi connectivity index (χ0v) is 9.54. The number of H-pyrrole nitrogens is 1. The summed E-state index contributed by atoms with van der Waals surface area (Å²) in [7, 11) is 0. The summed E-state index contributed by atoms with van der Waals surface area (Å²) in [6.45, 7) is 0. The average molecular weight is 240 g/mol. The van der Waals surface area contributed by atoms with Gasteiger partial charge in [-0.15, -0.1) is 0 Å². The Bertz CT molecular complexity index is 675. The first-order valence-electron chi connectivity index (χ1n) is 5.57. The Hall–Kier alpha value is -2.40. The summed E-state index contributed by atoms with van der Waals surface area (Å²) in [6, 6.07) is 7.20. The number of hydrogen-bond donors (Lipinski definition) is 3. The molecule has 0 aliphatic rings. The Morgan fingerprint density at radius 1 is 1.22 bits per heavy atom. The molecule has 5 heteroatoms. The Morgan fingerprint density at radius 3 is 2.89 bits per heavy atom. The number of aliphatic hydroxyl groups is 1. The predicted molar refractivity (Wildman–Crippen MR) is 68.8 cm³/mol. The lowest BCUT2D eigenvalue weighted by Crippen LogP contribution is -2.00. The lowest BCUT2D eigenvalue weighted by Gasteiger charge is -2.09. The SMILES string of the molecule is Nc1ccc(C(O)c2c[nH]c3ncccc23)cn1. The van der Waals surface area contributed by atoms with E-state index in [1.165, 1.54) is 0 Å². The largest absolute Gasteiger partial charge is 0.384 e. The minimum absolute atomic E-state index is 0.437. The van der Waals surface area contributed by atoms with Crippen molar-refractivity contribution in [3.63, 3.8) is 0 Å². The van der Waals surface area contributed by atoms with Gasteiger partial charge in [-0.1, -0.05) is 6.07 Å². The summed E-state index contributed by atoms with van der Waals surface area (Å²) in [4.78, 5) is 11.2.